The normalized spacial score (nSPS) is 11.0. The summed E-state index contributed by atoms with van der Waals surface area (Å²) in [6.07, 6.45) is 4.12. The van der Waals surface area contributed by atoms with Crippen LogP contribution in [-0.4, -0.2) is 28.4 Å². The predicted molar refractivity (Wildman–Crippen MR) is 103 cm³/mol. The third-order valence-corrected chi connectivity index (χ3v) is 4.95. The molecule has 0 N–H and O–H groups in total. The van der Waals surface area contributed by atoms with E-state index in [1.165, 1.54) is 10.1 Å². The fourth-order valence-electron chi connectivity index (χ4n) is 2.63. The van der Waals surface area contributed by atoms with Gasteiger partial charge < -0.3 is 18.9 Å². The smallest absolute Gasteiger partial charge is 0.203 e. The van der Waals surface area contributed by atoms with Gasteiger partial charge in [-0.1, -0.05) is 6.08 Å². The van der Waals surface area contributed by atoms with Crippen LogP contribution in [0.3, 0.4) is 0 Å². The molecular weight excluding hydrogens is 336 g/mol. The van der Waals surface area contributed by atoms with Gasteiger partial charge in [0.15, 0.2) is 11.5 Å². The van der Waals surface area contributed by atoms with Gasteiger partial charge >= 0.3 is 0 Å². The Morgan fingerprint density at radius 2 is 1.48 bits per heavy atom. The topological polar surface area (TPSA) is 36.9 Å². The summed E-state index contributed by atoms with van der Waals surface area (Å²) < 4.78 is 22.7. The third kappa shape index (κ3) is 3.56. The van der Waals surface area contributed by atoms with Crippen LogP contribution in [-0.2, 0) is 0 Å². The minimum Gasteiger partial charge on any atom is -0.497 e. The second-order valence-electron chi connectivity index (χ2n) is 5.34. The summed E-state index contributed by atoms with van der Waals surface area (Å²) >= 11 is 1.73. The first-order chi connectivity index (χ1) is 12.2. The van der Waals surface area contributed by atoms with Gasteiger partial charge in [-0.2, -0.15) is 0 Å². The second kappa shape index (κ2) is 7.49. The predicted octanol–water partition coefficient (Wildman–Crippen LogP) is 5.11. The van der Waals surface area contributed by atoms with Gasteiger partial charge in [0.25, 0.3) is 0 Å². The first kappa shape index (κ1) is 17.2. The molecule has 0 fully saturated rings. The van der Waals surface area contributed by atoms with Crippen molar-refractivity contribution in [2.45, 2.75) is 0 Å². The molecule has 25 heavy (non-hydrogen) atoms. The number of hydrogen-bond acceptors (Lipinski definition) is 5. The highest BCUT2D eigenvalue weighted by atomic mass is 32.1. The zero-order valence-electron chi connectivity index (χ0n) is 14.7. The first-order valence-corrected chi connectivity index (χ1v) is 8.56. The van der Waals surface area contributed by atoms with Crippen molar-refractivity contribution in [3.8, 4) is 23.0 Å². The lowest BCUT2D eigenvalue weighted by Gasteiger charge is -2.12. The largest absolute Gasteiger partial charge is 0.497 e. The molecule has 1 aromatic heterocycles. The number of benzene rings is 2. The molecule has 0 radical (unpaired) electrons. The van der Waals surface area contributed by atoms with Crippen LogP contribution in [0.4, 0.5) is 0 Å². The highest BCUT2D eigenvalue weighted by Gasteiger charge is 2.12. The molecule has 0 unspecified atom stereocenters. The Balaban J connectivity index is 1.93. The molecule has 0 atom stereocenters. The second-order valence-corrected chi connectivity index (χ2v) is 6.46. The van der Waals surface area contributed by atoms with Crippen LogP contribution in [0.25, 0.3) is 22.2 Å². The lowest BCUT2D eigenvalue weighted by atomic mass is 10.1. The molecule has 3 aromatic rings. The van der Waals surface area contributed by atoms with E-state index in [0.717, 1.165) is 16.2 Å². The Kier molecular flexibility index (Phi) is 5.14. The van der Waals surface area contributed by atoms with E-state index in [1.54, 1.807) is 39.8 Å². The van der Waals surface area contributed by atoms with Crippen LogP contribution in [0.5, 0.6) is 23.0 Å². The molecular formula is C20H20O4S. The number of methoxy groups -OCH3 is 4. The summed E-state index contributed by atoms with van der Waals surface area (Å²) in [6.45, 7) is 0. The van der Waals surface area contributed by atoms with Crippen molar-refractivity contribution in [3.63, 3.8) is 0 Å². The number of ether oxygens (including phenoxy) is 4. The molecule has 5 heteroatoms. The molecule has 0 bridgehead atoms. The summed E-state index contributed by atoms with van der Waals surface area (Å²) in [4.78, 5) is 1.16. The minimum atomic E-state index is 0.594. The van der Waals surface area contributed by atoms with Crippen LogP contribution in [0.1, 0.15) is 10.4 Å². The monoisotopic (exact) mass is 356 g/mol. The highest BCUT2D eigenvalue weighted by molar-refractivity contribution is 7.19. The molecule has 2 aromatic carbocycles. The van der Waals surface area contributed by atoms with Crippen LogP contribution >= 0.6 is 11.3 Å². The van der Waals surface area contributed by atoms with Gasteiger partial charge in [0.1, 0.15) is 5.75 Å². The molecule has 0 amide bonds. The molecule has 3 rings (SSSR count). The maximum Gasteiger partial charge on any atom is 0.203 e. The van der Waals surface area contributed by atoms with Gasteiger partial charge in [0.05, 0.1) is 28.4 Å². The van der Waals surface area contributed by atoms with Gasteiger partial charge in [-0.05, 0) is 53.4 Å². The van der Waals surface area contributed by atoms with Crippen molar-refractivity contribution >= 4 is 33.6 Å². The molecule has 0 aliphatic carbocycles. The van der Waals surface area contributed by atoms with Crippen LogP contribution in [0, 0.1) is 0 Å². The molecule has 0 spiro atoms. The van der Waals surface area contributed by atoms with Crippen LogP contribution in [0.2, 0.25) is 0 Å². The van der Waals surface area contributed by atoms with E-state index in [2.05, 4.69) is 18.2 Å². The van der Waals surface area contributed by atoms with Crippen LogP contribution < -0.4 is 18.9 Å². The lowest BCUT2D eigenvalue weighted by Crippen LogP contribution is -1.95. The Morgan fingerprint density at radius 1 is 0.760 bits per heavy atom. The summed E-state index contributed by atoms with van der Waals surface area (Å²) in [5.74, 6) is 2.74. The van der Waals surface area contributed by atoms with E-state index in [-0.39, 0.29) is 0 Å². The molecule has 1 heterocycles. The van der Waals surface area contributed by atoms with Crippen molar-refractivity contribution in [2.75, 3.05) is 28.4 Å². The lowest BCUT2D eigenvalue weighted by molar-refractivity contribution is 0.324. The van der Waals surface area contributed by atoms with E-state index in [0.29, 0.717) is 17.2 Å². The van der Waals surface area contributed by atoms with Gasteiger partial charge in [-0.3, -0.25) is 0 Å². The average molecular weight is 356 g/mol. The van der Waals surface area contributed by atoms with Gasteiger partial charge in [0.2, 0.25) is 5.75 Å². The first-order valence-electron chi connectivity index (χ1n) is 7.74. The van der Waals surface area contributed by atoms with E-state index >= 15 is 0 Å². The maximum absolute atomic E-state index is 5.39. The summed E-state index contributed by atoms with van der Waals surface area (Å²) in [5.41, 5.74) is 0.976. The number of hydrogen-bond donors (Lipinski definition) is 0. The third-order valence-electron chi connectivity index (χ3n) is 3.87. The summed E-state index contributed by atoms with van der Waals surface area (Å²) in [5, 5.41) is 1.17. The summed E-state index contributed by atoms with van der Waals surface area (Å²) in [6, 6.07) is 12.1. The molecule has 0 saturated heterocycles. The van der Waals surface area contributed by atoms with E-state index in [9.17, 15) is 0 Å². The van der Waals surface area contributed by atoms with Crippen LogP contribution in [0.15, 0.2) is 36.4 Å². The summed E-state index contributed by atoms with van der Waals surface area (Å²) in [7, 11) is 6.51. The minimum absolute atomic E-state index is 0.594. The number of thiophene rings is 1. The molecule has 4 nitrogen and oxygen atoms in total. The van der Waals surface area contributed by atoms with Crippen molar-refractivity contribution in [1.82, 2.24) is 0 Å². The van der Waals surface area contributed by atoms with Gasteiger partial charge in [-0.15, -0.1) is 11.3 Å². The molecule has 130 valence electrons. The Labute approximate surface area is 151 Å². The number of fused-ring (bicyclic) bond motifs is 1. The quantitative estimate of drug-likeness (QED) is 0.615. The SMILES string of the molecule is COc1ccc2sc(/C=C\c3cc(OC)c(OC)c(OC)c3)cc2c1. The van der Waals surface area contributed by atoms with Gasteiger partial charge in [-0.25, -0.2) is 0 Å². The maximum atomic E-state index is 5.39. The standard InChI is InChI=1S/C20H20O4S/c1-21-15-6-8-19-14(11-15)12-16(25-19)7-5-13-9-17(22-2)20(24-4)18(10-13)23-3/h5-12H,1-4H3/b7-5-. The Bertz CT molecular complexity index is 886. The zero-order valence-corrected chi connectivity index (χ0v) is 15.5. The van der Waals surface area contributed by atoms with Crippen molar-refractivity contribution in [2.24, 2.45) is 0 Å². The molecule has 0 aliphatic heterocycles. The van der Waals surface area contributed by atoms with Gasteiger partial charge in [0, 0.05) is 9.58 Å². The average Bonchev–Trinajstić information content (AvgIpc) is 3.07. The fourth-order valence-corrected chi connectivity index (χ4v) is 3.57. The van der Waals surface area contributed by atoms with Crippen molar-refractivity contribution in [1.29, 1.82) is 0 Å². The van der Waals surface area contributed by atoms with E-state index < -0.39 is 0 Å². The molecule has 0 aliphatic rings. The van der Waals surface area contributed by atoms with Crippen molar-refractivity contribution < 1.29 is 18.9 Å². The van der Waals surface area contributed by atoms with E-state index in [4.69, 9.17) is 18.9 Å². The number of rotatable bonds is 6. The molecule has 0 saturated carbocycles. The van der Waals surface area contributed by atoms with E-state index in [1.807, 2.05) is 30.3 Å². The zero-order chi connectivity index (χ0) is 17.8. The van der Waals surface area contributed by atoms with Crippen molar-refractivity contribution in [3.05, 3.63) is 46.8 Å². The highest BCUT2D eigenvalue weighted by Crippen LogP contribution is 2.39. The Hall–Kier alpha value is -2.66. The Morgan fingerprint density at radius 3 is 2.08 bits per heavy atom. The fraction of sp³-hybridized carbons (Fsp3) is 0.200.